The van der Waals surface area contributed by atoms with Crippen molar-refractivity contribution in [1.82, 2.24) is 0 Å². The molecule has 0 heterocycles. The first-order chi connectivity index (χ1) is 10.8. The fourth-order valence-electron chi connectivity index (χ4n) is 0.846. The van der Waals surface area contributed by atoms with Crippen LogP contribution in [0.15, 0.2) is 0 Å². The predicted octanol–water partition coefficient (Wildman–Crippen LogP) is 3.85. The average molecular weight is 400 g/mol. The van der Waals surface area contributed by atoms with Crippen LogP contribution in [0, 0.1) is 45.9 Å². The maximum Gasteiger partial charge on any atom is 0.457 e. The molecule has 0 unspecified atom stereocenters. The zero-order chi connectivity index (χ0) is 20.2. The van der Waals surface area contributed by atoms with Crippen LogP contribution >= 0.6 is 0 Å². The van der Waals surface area contributed by atoms with Gasteiger partial charge in [-0.2, -0.15) is 52.7 Å². The number of halogens is 12. The Morgan fingerprint density at radius 1 is 0.360 bits per heavy atom. The summed E-state index contributed by atoms with van der Waals surface area (Å²) in [5.41, 5.74) is 3.34. The van der Waals surface area contributed by atoms with Crippen molar-refractivity contribution in [2.45, 2.75) is 24.7 Å². The molecule has 0 spiro atoms. The van der Waals surface area contributed by atoms with Crippen molar-refractivity contribution in [3.8, 4) is 45.9 Å². The van der Waals surface area contributed by atoms with E-state index >= 15 is 0 Å². The highest BCUT2D eigenvalue weighted by atomic mass is 28.3. The van der Waals surface area contributed by atoms with Gasteiger partial charge in [0.05, 0.1) is 0 Å². The fraction of sp³-hybridized carbons (Fsp3) is 0.333. The Bertz CT molecular complexity index is 597. The fourth-order valence-corrected chi connectivity index (χ4v) is 2.54. The summed E-state index contributed by atoms with van der Waals surface area (Å²) in [6, 6.07) is 0. The molecule has 0 rings (SSSR count). The van der Waals surface area contributed by atoms with Gasteiger partial charge >= 0.3 is 32.8 Å². The molecular weight excluding hydrogens is 400 g/mol. The van der Waals surface area contributed by atoms with Gasteiger partial charge in [-0.15, -0.1) is 0 Å². The van der Waals surface area contributed by atoms with Crippen LogP contribution in [0.1, 0.15) is 0 Å². The molecule has 0 radical (unpaired) electrons. The predicted molar refractivity (Wildman–Crippen MR) is 61.1 cm³/mol. The minimum absolute atomic E-state index is 0.274. The van der Waals surface area contributed by atoms with Crippen LogP contribution in [-0.4, -0.2) is 32.8 Å². The topological polar surface area (TPSA) is 0 Å². The molecule has 0 aliphatic rings. The van der Waals surface area contributed by atoms with E-state index in [4.69, 9.17) is 0 Å². The largest absolute Gasteiger partial charge is 0.457 e. The molecule has 0 aliphatic carbocycles. The van der Waals surface area contributed by atoms with Crippen LogP contribution in [0.3, 0.4) is 0 Å². The monoisotopic (exact) mass is 400 g/mol. The van der Waals surface area contributed by atoms with Crippen LogP contribution in [0.4, 0.5) is 52.7 Å². The second-order valence-electron chi connectivity index (χ2n) is 3.74. The van der Waals surface area contributed by atoms with Crippen LogP contribution in [0.5, 0.6) is 0 Å². The average Bonchev–Trinajstić information content (AvgIpc) is 2.33. The van der Waals surface area contributed by atoms with Crippen LogP contribution in [0.2, 0.25) is 0 Å². The lowest BCUT2D eigenvalue weighted by Crippen LogP contribution is -2.31. The maximum atomic E-state index is 12.0. The molecule has 13 heteroatoms. The van der Waals surface area contributed by atoms with Gasteiger partial charge in [-0.05, 0) is 0 Å². The van der Waals surface area contributed by atoms with Gasteiger partial charge in [-0.1, -0.05) is 22.2 Å². The van der Waals surface area contributed by atoms with Crippen LogP contribution in [-0.2, 0) is 0 Å². The Balaban J connectivity index is 6.66. The smallest absolute Gasteiger partial charge is 0.159 e. The third-order valence-electron chi connectivity index (χ3n) is 1.57. The molecule has 0 fully saturated rings. The minimum atomic E-state index is -5.56. The van der Waals surface area contributed by atoms with Crippen LogP contribution < -0.4 is 0 Å². The second kappa shape index (κ2) is 7.24. The Labute approximate surface area is 132 Å². The highest BCUT2D eigenvalue weighted by molar-refractivity contribution is 7.06. The summed E-state index contributed by atoms with van der Waals surface area (Å²) in [5, 5.41) is 0. The number of rotatable bonds is 0. The first-order valence-electron chi connectivity index (χ1n) is 5.27. The van der Waals surface area contributed by atoms with E-state index in [0.29, 0.717) is 0 Å². The molecule has 0 aromatic carbocycles. The highest BCUT2D eigenvalue weighted by Crippen LogP contribution is 2.18. The molecule has 0 saturated carbocycles. The molecule has 0 nitrogen and oxygen atoms in total. The lowest BCUT2D eigenvalue weighted by Gasteiger charge is -2.06. The molecule has 0 bridgehead atoms. The molecule has 0 N–H and O–H groups in total. The quantitative estimate of drug-likeness (QED) is 0.329. The van der Waals surface area contributed by atoms with Gasteiger partial charge in [0.2, 0.25) is 0 Å². The van der Waals surface area contributed by atoms with E-state index in [-0.39, 0.29) is 23.7 Å². The van der Waals surface area contributed by atoms with Gasteiger partial charge in [0, 0.05) is 23.7 Å². The van der Waals surface area contributed by atoms with Crippen molar-refractivity contribution in [2.24, 2.45) is 0 Å². The summed E-state index contributed by atoms with van der Waals surface area (Å²) in [4.78, 5) is 0. The molecule has 0 amide bonds. The molecule has 136 valence electrons. The van der Waals surface area contributed by atoms with Crippen molar-refractivity contribution in [3.05, 3.63) is 0 Å². The summed E-state index contributed by atoms with van der Waals surface area (Å²) in [7, 11) is -5.56. The Hall–Kier alpha value is -2.38. The zero-order valence-corrected chi connectivity index (χ0v) is 12.0. The van der Waals surface area contributed by atoms with Gasteiger partial charge < -0.3 is 0 Å². The Kier molecular flexibility index (Phi) is 6.55. The first-order valence-corrected chi connectivity index (χ1v) is 7.27. The summed E-state index contributed by atoms with van der Waals surface area (Å²) >= 11 is 0. The third-order valence-corrected chi connectivity index (χ3v) is 3.57. The molecule has 0 aromatic heterocycles. The highest BCUT2D eigenvalue weighted by Gasteiger charge is 2.35. The van der Waals surface area contributed by atoms with Gasteiger partial charge in [-0.25, -0.2) is 0 Å². The molecule has 25 heavy (non-hydrogen) atoms. The number of alkyl halides is 12. The van der Waals surface area contributed by atoms with E-state index in [1.54, 1.807) is 0 Å². The molecule has 0 aliphatic heterocycles. The van der Waals surface area contributed by atoms with Gasteiger partial charge in [-0.3, -0.25) is 0 Å². The Morgan fingerprint density at radius 3 is 0.640 bits per heavy atom. The van der Waals surface area contributed by atoms with Crippen molar-refractivity contribution >= 4 is 8.07 Å². The van der Waals surface area contributed by atoms with E-state index < -0.39 is 32.8 Å². The SMILES string of the molecule is FC(F)(F)C#C[Si](C#CC(F)(F)F)(C#CC(F)(F)F)C#CC(F)(F)F. The van der Waals surface area contributed by atoms with Gasteiger partial charge in [0.1, 0.15) is 0 Å². The maximum absolute atomic E-state index is 12.0. The molecule has 0 aromatic rings. The standard InChI is InChI=1S/C12F12Si/c13-9(14,15)1-5-25(6-2-10(16,17)18,7-3-11(19,20)21)8-4-12(22,23)24. The summed E-state index contributed by atoms with van der Waals surface area (Å²) in [6.07, 6.45) is -21.7. The summed E-state index contributed by atoms with van der Waals surface area (Å²) in [5.74, 6) is 1.09. The van der Waals surface area contributed by atoms with Gasteiger partial charge in [0.15, 0.2) is 0 Å². The normalized spacial score (nSPS) is 12.3. The van der Waals surface area contributed by atoms with E-state index in [9.17, 15) is 52.7 Å². The van der Waals surface area contributed by atoms with E-state index in [0.717, 1.165) is 22.2 Å². The minimum Gasteiger partial charge on any atom is -0.159 e. The van der Waals surface area contributed by atoms with Gasteiger partial charge in [0.25, 0.3) is 0 Å². The van der Waals surface area contributed by atoms with Crippen molar-refractivity contribution in [2.75, 3.05) is 0 Å². The van der Waals surface area contributed by atoms with E-state index in [1.165, 1.54) is 0 Å². The molecule has 0 saturated heterocycles. The summed E-state index contributed by atoms with van der Waals surface area (Å²) in [6.45, 7) is 0. The van der Waals surface area contributed by atoms with Crippen LogP contribution in [0.25, 0.3) is 0 Å². The third kappa shape index (κ3) is 12.7. The van der Waals surface area contributed by atoms with Crippen molar-refractivity contribution < 1.29 is 52.7 Å². The van der Waals surface area contributed by atoms with E-state index in [1.807, 2.05) is 0 Å². The Morgan fingerprint density at radius 2 is 0.520 bits per heavy atom. The zero-order valence-electron chi connectivity index (χ0n) is 11.0. The van der Waals surface area contributed by atoms with Crippen molar-refractivity contribution in [1.29, 1.82) is 0 Å². The lowest BCUT2D eigenvalue weighted by molar-refractivity contribution is -0.0704. The lowest BCUT2D eigenvalue weighted by atomic mass is 10.7. The molecular formula is C12F12Si. The van der Waals surface area contributed by atoms with Crippen molar-refractivity contribution in [3.63, 3.8) is 0 Å². The second-order valence-corrected chi connectivity index (χ2v) is 6.24. The number of hydrogen-bond donors (Lipinski definition) is 0. The summed E-state index contributed by atoms with van der Waals surface area (Å²) < 4.78 is 145. The number of hydrogen-bond acceptors (Lipinski definition) is 0. The first kappa shape index (κ1) is 22.6. The van der Waals surface area contributed by atoms with E-state index in [2.05, 4.69) is 0 Å². The molecule has 0 atom stereocenters.